The van der Waals surface area contributed by atoms with Gasteiger partial charge in [0, 0.05) is 4.88 Å². The summed E-state index contributed by atoms with van der Waals surface area (Å²) in [6, 6.07) is 0. The molecule has 0 radical (unpaired) electrons. The quantitative estimate of drug-likeness (QED) is 0.905. The molecule has 0 saturated carbocycles. The number of aromatic nitrogens is 2. The van der Waals surface area contributed by atoms with Crippen molar-refractivity contribution in [2.75, 3.05) is 26.7 Å². The third kappa shape index (κ3) is 3.09. The second-order valence-corrected chi connectivity index (χ2v) is 7.46. The molecule has 0 aliphatic carbocycles. The van der Waals surface area contributed by atoms with Crippen molar-refractivity contribution in [1.29, 1.82) is 0 Å². The molecule has 0 unspecified atom stereocenters. The van der Waals surface area contributed by atoms with Crippen LogP contribution in [-0.2, 0) is 6.54 Å². The van der Waals surface area contributed by atoms with Gasteiger partial charge in [0.25, 0.3) is 5.56 Å². The van der Waals surface area contributed by atoms with E-state index in [1.807, 2.05) is 20.9 Å². The Labute approximate surface area is 134 Å². The molecule has 22 heavy (non-hydrogen) atoms. The number of nitrogens with zero attached hydrogens (tertiary/aromatic N) is 2. The number of aromatic amines is 1. The van der Waals surface area contributed by atoms with Gasteiger partial charge in [-0.2, -0.15) is 0 Å². The van der Waals surface area contributed by atoms with Gasteiger partial charge in [-0.25, -0.2) is 4.98 Å². The molecule has 120 valence electrons. The van der Waals surface area contributed by atoms with E-state index < -0.39 is 0 Å². The SMILES string of the molecule is CNCC1CCN(Cc2nc3sc(C)c(C)c3c(=O)[nH]2)CC1. The third-order valence-corrected chi connectivity index (χ3v) is 5.76. The van der Waals surface area contributed by atoms with Crippen LogP contribution in [0.5, 0.6) is 0 Å². The number of thiophene rings is 1. The molecule has 5 nitrogen and oxygen atoms in total. The normalized spacial score (nSPS) is 17.4. The van der Waals surface area contributed by atoms with Crippen molar-refractivity contribution in [3.8, 4) is 0 Å². The van der Waals surface area contributed by atoms with Crippen molar-refractivity contribution in [2.45, 2.75) is 33.2 Å². The Morgan fingerprint density at radius 1 is 1.36 bits per heavy atom. The lowest BCUT2D eigenvalue weighted by Gasteiger charge is -2.31. The second kappa shape index (κ2) is 6.48. The maximum atomic E-state index is 12.3. The van der Waals surface area contributed by atoms with Crippen LogP contribution < -0.4 is 10.9 Å². The predicted molar refractivity (Wildman–Crippen MR) is 91.6 cm³/mol. The van der Waals surface area contributed by atoms with Gasteiger partial charge in [-0.3, -0.25) is 9.69 Å². The van der Waals surface area contributed by atoms with E-state index in [0.717, 1.165) is 53.7 Å². The Kier molecular flexibility index (Phi) is 4.61. The van der Waals surface area contributed by atoms with E-state index in [2.05, 4.69) is 20.2 Å². The molecule has 1 saturated heterocycles. The molecule has 2 N–H and O–H groups in total. The van der Waals surface area contributed by atoms with E-state index in [1.165, 1.54) is 17.7 Å². The Morgan fingerprint density at radius 3 is 2.77 bits per heavy atom. The minimum absolute atomic E-state index is 0.00641. The van der Waals surface area contributed by atoms with Gasteiger partial charge in [0.2, 0.25) is 0 Å². The summed E-state index contributed by atoms with van der Waals surface area (Å²) in [5, 5.41) is 4.02. The molecule has 3 heterocycles. The van der Waals surface area contributed by atoms with Crippen LogP contribution in [0.2, 0.25) is 0 Å². The van der Waals surface area contributed by atoms with Crippen LogP contribution in [0, 0.1) is 19.8 Å². The Hall–Kier alpha value is -1.24. The van der Waals surface area contributed by atoms with Gasteiger partial charge in [0.15, 0.2) is 0 Å². The fraction of sp³-hybridized carbons (Fsp3) is 0.625. The Bertz CT molecular complexity index is 713. The first-order valence-corrected chi connectivity index (χ1v) is 8.76. The fourth-order valence-corrected chi connectivity index (χ4v) is 4.27. The van der Waals surface area contributed by atoms with E-state index in [4.69, 9.17) is 0 Å². The lowest BCUT2D eigenvalue weighted by atomic mass is 9.97. The maximum Gasteiger partial charge on any atom is 0.259 e. The molecule has 6 heteroatoms. The molecule has 2 aromatic heterocycles. The minimum Gasteiger partial charge on any atom is -0.319 e. The van der Waals surface area contributed by atoms with Crippen molar-refractivity contribution in [3.63, 3.8) is 0 Å². The van der Waals surface area contributed by atoms with Crippen LogP contribution in [-0.4, -0.2) is 41.5 Å². The van der Waals surface area contributed by atoms with E-state index in [0.29, 0.717) is 0 Å². The Morgan fingerprint density at radius 2 is 2.09 bits per heavy atom. The van der Waals surface area contributed by atoms with E-state index in [-0.39, 0.29) is 5.56 Å². The van der Waals surface area contributed by atoms with Crippen LogP contribution in [0.4, 0.5) is 0 Å². The zero-order valence-corrected chi connectivity index (χ0v) is 14.3. The van der Waals surface area contributed by atoms with E-state index in [9.17, 15) is 4.79 Å². The van der Waals surface area contributed by atoms with Gasteiger partial charge in [-0.15, -0.1) is 11.3 Å². The second-order valence-electron chi connectivity index (χ2n) is 6.25. The molecule has 1 fully saturated rings. The molecular weight excluding hydrogens is 296 g/mol. The summed E-state index contributed by atoms with van der Waals surface area (Å²) >= 11 is 1.62. The summed E-state index contributed by atoms with van der Waals surface area (Å²) in [5.74, 6) is 1.57. The average molecular weight is 320 g/mol. The summed E-state index contributed by atoms with van der Waals surface area (Å²) in [7, 11) is 2.02. The molecule has 2 aromatic rings. The summed E-state index contributed by atoms with van der Waals surface area (Å²) in [6.07, 6.45) is 2.43. The lowest BCUT2D eigenvalue weighted by molar-refractivity contribution is 0.173. The highest BCUT2D eigenvalue weighted by Gasteiger charge is 2.20. The van der Waals surface area contributed by atoms with Gasteiger partial charge < -0.3 is 10.3 Å². The molecule has 1 aliphatic heterocycles. The smallest absolute Gasteiger partial charge is 0.259 e. The standard InChI is InChI=1S/C16H24N4OS/c1-10-11(2)22-16-14(10)15(21)18-13(19-16)9-20-6-4-12(5-7-20)8-17-3/h12,17H,4-9H2,1-3H3,(H,18,19,21). The van der Waals surface area contributed by atoms with E-state index in [1.54, 1.807) is 11.3 Å². The number of aryl methyl sites for hydroxylation is 2. The lowest BCUT2D eigenvalue weighted by Crippen LogP contribution is -2.37. The molecule has 0 aromatic carbocycles. The first-order chi connectivity index (χ1) is 10.6. The summed E-state index contributed by atoms with van der Waals surface area (Å²) in [6.45, 7) is 8.05. The molecule has 0 atom stereocenters. The molecule has 3 rings (SSSR count). The summed E-state index contributed by atoms with van der Waals surface area (Å²) in [5.41, 5.74) is 1.07. The minimum atomic E-state index is 0.00641. The molecule has 0 bridgehead atoms. The summed E-state index contributed by atoms with van der Waals surface area (Å²) in [4.78, 5) is 24.4. The van der Waals surface area contributed by atoms with Crippen molar-refractivity contribution >= 4 is 21.6 Å². The molecule has 0 spiro atoms. The number of rotatable bonds is 4. The number of nitrogens with one attached hydrogen (secondary N) is 2. The van der Waals surface area contributed by atoms with Crippen molar-refractivity contribution in [3.05, 3.63) is 26.6 Å². The zero-order valence-electron chi connectivity index (χ0n) is 13.5. The molecular formula is C16H24N4OS. The monoisotopic (exact) mass is 320 g/mol. The predicted octanol–water partition coefficient (Wildman–Crippen LogP) is 2.03. The van der Waals surface area contributed by atoms with Gasteiger partial charge in [-0.1, -0.05) is 0 Å². The first kappa shape index (κ1) is 15.6. The number of likely N-dealkylation sites (tertiary alicyclic amines) is 1. The Balaban J connectivity index is 1.74. The third-order valence-electron chi connectivity index (χ3n) is 4.66. The van der Waals surface area contributed by atoms with Crippen LogP contribution >= 0.6 is 11.3 Å². The largest absolute Gasteiger partial charge is 0.319 e. The van der Waals surface area contributed by atoms with Gasteiger partial charge in [-0.05, 0) is 64.9 Å². The number of hydrogen-bond donors (Lipinski definition) is 2. The maximum absolute atomic E-state index is 12.3. The van der Waals surface area contributed by atoms with Gasteiger partial charge in [0.1, 0.15) is 10.7 Å². The highest BCUT2D eigenvalue weighted by atomic mass is 32.1. The highest BCUT2D eigenvalue weighted by molar-refractivity contribution is 7.18. The first-order valence-electron chi connectivity index (χ1n) is 7.94. The fourth-order valence-electron chi connectivity index (χ4n) is 3.22. The molecule has 0 amide bonds. The average Bonchev–Trinajstić information content (AvgIpc) is 2.77. The summed E-state index contributed by atoms with van der Waals surface area (Å²) < 4.78 is 0. The van der Waals surface area contributed by atoms with Crippen molar-refractivity contribution < 1.29 is 0 Å². The van der Waals surface area contributed by atoms with Gasteiger partial charge in [0.05, 0.1) is 11.9 Å². The highest BCUT2D eigenvalue weighted by Crippen LogP contribution is 2.26. The number of H-pyrrole nitrogens is 1. The van der Waals surface area contributed by atoms with E-state index >= 15 is 0 Å². The number of fused-ring (bicyclic) bond motifs is 1. The van der Waals surface area contributed by atoms with Crippen molar-refractivity contribution in [2.24, 2.45) is 5.92 Å². The topological polar surface area (TPSA) is 61.0 Å². The van der Waals surface area contributed by atoms with Crippen LogP contribution in [0.15, 0.2) is 4.79 Å². The number of piperidine rings is 1. The van der Waals surface area contributed by atoms with Crippen molar-refractivity contribution in [1.82, 2.24) is 20.2 Å². The number of hydrogen-bond acceptors (Lipinski definition) is 5. The van der Waals surface area contributed by atoms with Crippen LogP contribution in [0.3, 0.4) is 0 Å². The molecule has 1 aliphatic rings. The van der Waals surface area contributed by atoms with Crippen LogP contribution in [0.25, 0.3) is 10.2 Å². The van der Waals surface area contributed by atoms with Gasteiger partial charge >= 0.3 is 0 Å². The van der Waals surface area contributed by atoms with Crippen LogP contribution in [0.1, 0.15) is 29.1 Å². The zero-order chi connectivity index (χ0) is 15.7.